The van der Waals surface area contributed by atoms with Gasteiger partial charge in [-0.2, -0.15) is 5.26 Å². The molecule has 2 rings (SSSR count). The Morgan fingerprint density at radius 1 is 1.16 bits per heavy atom. The molecule has 0 fully saturated rings. The van der Waals surface area contributed by atoms with Crippen molar-refractivity contribution in [2.45, 2.75) is 45.4 Å². The minimum absolute atomic E-state index is 0.0498. The van der Waals surface area contributed by atoms with Crippen LogP contribution in [0.1, 0.15) is 38.3 Å². The summed E-state index contributed by atoms with van der Waals surface area (Å²) in [5, 5.41) is 11.8. The molecule has 1 atom stereocenters. The van der Waals surface area contributed by atoms with Gasteiger partial charge in [-0.1, -0.05) is 64.0 Å². The van der Waals surface area contributed by atoms with Crippen molar-refractivity contribution in [3.05, 3.63) is 81.8 Å². The molecule has 0 aliphatic heterocycles. The van der Waals surface area contributed by atoms with Crippen molar-refractivity contribution in [2.24, 2.45) is 0 Å². The van der Waals surface area contributed by atoms with E-state index in [1.165, 1.54) is 6.08 Å². The van der Waals surface area contributed by atoms with Gasteiger partial charge < -0.3 is 14.8 Å². The van der Waals surface area contributed by atoms with Gasteiger partial charge in [0.05, 0.1) is 12.2 Å². The van der Waals surface area contributed by atoms with Crippen LogP contribution in [-0.2, 0) is 26.4 Å². The molecular formula is C24H25BrN2O4. The van der Waals surface area contributed by atoms with E-state index in [9.17, 15) is 9.59 Å². The molecule has 6 nitrogen and oxygen atoms in total. The minimum Gasteiger partial charge on any atom is -0.461 e. The van der Waals surface area contributed by atoms with Crippen molar-refractivity contribution < 1.29 is 19.1 Å². The molecule has 0 aromatic heterocycles. The van der Waals surface area contributed by atoms with Gasteiger partial charge in [-0.25, -0.2) is 9.59 Å². The number of nitrogens with zero attached hydrogens (tertiary/aromatic N) is 1. The van der Waals surface area contributed by atoms with Crippen LogP contribution in [0.3, 0.4) is 0 Å². The highest BCUT2D eigenvalue weighted by atomic mass is 79.9. The molecular weight excluding hydrogens is 460 g/mol. The summed E-state index contributed by atoms with van der Waals surface area (Å²) in [6.45, 7) is 5.23. The zero-order valence-electron chi connectivity index (χ0n) is 17.7. The number of carbonyl (C=O) groups excluding carboxylic acids is 2. The standard InChI is InChI=1S/C24H25BrN2O4/c1-17(2)31-22(28)24(15-18(3)13-14-26,20-9-11-21(25)12-10-20)27-23(29)30-16-19-7-5-4-6-8-19/h4-13,17H,15-16H2,1-3H3,(H,27,29)/t24-/m1/s1. The smallest absolute Gasteiger partial charge is 0.408 e. The van der Waals surface area contributed by atoms with E-state index in [1.54, 1.807) is 45.0 Å². The van der Waals surface area contributed by atoms with Gasteiger partial charge in [0.15, 0.2) is 5.54 Å². The fraction of sp³-hybridized carbons (Fsp3) is 0.292. The zero-order valence-corrected chi connectivity index (χ0v) is 19.3. The lowest BCUT2D eigenvalue weighted by molar-refractivity contribution is -0.156. The molecule has 0 saturated carbocycles. The first kappa shape index (κ1) is 24.2. The van der Waals surface area contributed by atoms with Gasteiger partial charge in [-0.05, 0) is 44.0 Å². The first-order valence-corrected chi connectivity index (χ1v) is 10.6. The largest absolute Gasteiger partial charge is 0.461 e. The number of carbonyl (C=O) groups is 2. The number of amides is 1. The monoisotopic (exact) mass is 484 g/mol. The van der Waals surface area contributed by atoms with Gasteiger partial charge in [-0.3, -0.25) is 0 Å². The van der Waals surface area contributed by atoms with Crippen molar-refractivity contribution in [3.63, 3.8) is 0 Å². The Morgan fingerprint density at radius 2 is 1.81 bits per heavy atom. The molecule has 2 aromatic rings. The van der Waals surface area contributed by atoms with Crippen LogP contribution in [0.2, 0.25) is 0 Å². The summed E-state index contributed by atoms with van der Waals surface area (Å²) in [5.74, 6) is -0.632. The summed E-state index contributed by atoms with van der Waals surface area (Å²) >= 11 is 3.38. The summed E-state index contributed by atoms with van der Waals surface area (Å²) in [6.07, 6.45) is 0.225. The first-order chi connectivity index (χ1) is 14.8. The zero-order chi connectivity index (χ0) is 22.9. The highest BCUT2D eigenvalue weighted by molar-refractivity contribution is 9.10. The number of esters is 1. The lowest BCUT2D eigenvalue weighted by Gasteiger charge is -2.33. The molecule has 0 radical (unpaired) electrons. The quantitative estimate of drug-likeness (QED) is 0.401. The van der Waals surface area contributed by atoms with Gasteiger partial charge in [-0.15, -0.1) is 0 Å². The second kappa shape index (κ2) is 11.3. The second-order valence-corrected chi connectivity index (χ2v) is 8.27. The van der Waals surface area contributed by atoms with Crippen LogP contribution in [0.4, 0.5) is 4.79 Å². The average Bonchev–Trinajstić information content (AvgIpc) is 2.72. The molecule has 1 N–H and O–H groups in total. The van der Waals surface area contributed by atoms with Crippen LogP contribution in [0.15, 0.2) is 70.7 Å². The summed E-state index contributed by atoms with van der Waals surface area (Å²) in [7, 11) is 0. The van der Waals surface area contributed by atoms with E-state index in [-0.39, 0.29) is 13.0 Å². The number of nitrogens with one attached hydrogen (secondary N) is 1. The molecule has 7 heteroatoms. The number of nitriles is 1. The molecule has 162 valence electrons. The highest BCUT2D eigenvalue weighted by Gasteiger charge is 2.44. The number of benzene rings is 2. The predicted molar refractivity (Wildman–Crippen MR) is 121 cm³/mol. The highest BCUT2D eigenvalue weighted by Crippen LogP contribution is 2.32. The Hall–Kier alpha value is -3.11. The van der Waals surface area contributed by atoms with E-state index in [4.69, 9.17) is 14.7 Å². The van der Waals surface area contributed by atoms with Crippen LogP contribution in [0.25, 0.3) is 0 Å². The first-order valence-electron chi connectivity index (χ1n) is 9.78. The molecule has 0 saturated heterocycles. The summed E-state index contributed by atoms with van der Waals surface area (Å²) in [6, 6.07) is 18.2. The predicted octanol–water partition coefficient (Wildman–Crippen LogP) is 5.38. The molecule has 0 aliphatic carbocycles. The van der Waals surface area contributed by atoms with Gasteiger partial charge in [0.2, 0.25) is 0 Å². The lowest BCUT2D eigenvalue weighted by atomic mass is 9.83. The van der Waals surface area contributed by atoms with E-state index >= 15 is 0 Å². The fourth-order valence-electron chi connectivity index (χ4n) is 3.02. The second-order valence-electron chi connectivity index (χ2n) is 7.35. The molecule has 31 heavy (non-hydrogen) atoms. The van der Waals surface area contributed by atoms with Gasteiger partial charge in [0.1, 0.15) is 6.61 Å². The summed E-state index contributed by atoms with van der Waals surface area (Å²) < 4.78 is 11.7. The van der Waals surface area contributed by atoms with Crippen LogP contribution < -0.4 is 5.32 Å². The van der Waals surface area contributed by atoms with Crippen LogP contribution in [0.5, 0.6) is 0 Å². The number of hydrogen-bond acceptors (Lipinski definition) is 5. The van der Waals surface area contributed by atoms with Crippen molar-refractivity contribution in [2.75, 3.05) is 0 Å². The van der Waals surface area contributed by atoms with E-state index < -0.39 is 23.7 Å². The van der Waals surface area contributed by atoms with Gasteiger partial charge >= 0.3 is 12.1 Å². The van der Waals surface area contributed by atoms with Gasteiger partial charge in [0.25, 0.3) is 0 Å². The Morgan fingerprint density at radius 3 is 2.39 bits per heavy atom. The maximum Gasteiger partial charge on any atom is 0.408 e. The van der Waals surface area contributed by atoms with Crippen molar-refractivity contribution in [1.29, 1.82) is 5.26 Å². The third kappa shape index (κ3) is 6.97. The summed E-state index contributed by atoms with van der Waals surface area (Å²) in [5.41, 5.74) is 0.381. The fourth-order valence-corrected chi connectivity index (χ4v) is 3.29. The SMILES string of the molecule is CC(=CC#N)C[C@](NC(=O)OCc1ccccc1)(C(=O)OC(C)C)c1ccc(Br)cc1. The van der Waals surface area contributed by atoms with Crippen LogP contribution in [-0.4, -0.2) is 18.2 Å². The van der Waals surface area contributed by atoms with Crippen LogP contribution >= 0.6 is 15.9 Å². The number of halogens is 1. The van der Waals surface area contributed by atoms with Crippen molar-refractivity contribution >= 4 is 28.0 Å². The Balaban J connectivity index is 2.42. The Kier molecular flexibility index (Phi) is 8.83. The summed E-state index contributed by atoms with van der Waals surface area (Å²) in [4.78, 5) is 26.1. The number of alkyl carbamates (subject to hydrolysis) is 1. The normalized spacial score (nSPS) is 13.1. The van der Waals surface area contributed by atoms with Gasteiger partial charge in [0, 0.05) is 17.0 Å². The Bertz CT molecular complexity index is 965. The van der Waals surface area contributed by atoms with E-state index in [2.05, 4.69) is 21.2 Å². The molecule has 0 bridgehead atoms. The maximum absolute atomic E-state index is 13.3. The molecule has 1 amide bonds. The van der Waals surface area contributed by atoms with E-state index in [0.717, 1.165) is 10.0 Å². The molecule has 0 aliphatic rings. The van der Waals surface area contributed by atoms with Crippen molar-refractivity contribution in [3.8, 4) is 6.07 Å². The average molecular weight is 485 g/mol. The number of hydrogen-bond donors (Lipinski definition) is 1. The molecule has 0 unspecified atom stereocenters. The third-order valence-electron chi connectivity index (χ3n) is 4.41. The van der Waals surface area contributed by atoms with Crippen LogP contribution in [0, 0.1) is 11.3 Å². The minimum atomic E-state index is -1.56. The topological polar surface area (TPSA) is 88.4 Å². The van der Waals surface area contributed by atoms with Crippen molar-refractivity contribution in [1.82, 2.24) is 5.32 Å². The molecule has 0 heterocycles. The third-order valence-corrected chi connectivity index (χ3v) is 4.94. The number of ether oxygens (including phenoxy) is 2. The number of rotatable bonds is 8. The Labute approximate surface area is 191 Å². The maximum atomic E-state index is 13.3. The lowest BCUT2D eigenvalue weighted by Crippen LogP contribution is -2.53. The van der Waals surface area contributed by atoms with E-state index in [0.29, 0.717) is 11.1 Å². The van der Waals surface area contributed by atoms with E-state index in [1.807, 2.05) is 36.4 Å². The number of allylic oxidation sites excluding steroid dienone is 1. The molecule has 0 spiro atoms. The molecule has 2 aromatic carbocycles.